The lowest BCUT2D eigenvalue weighted by Crippen LogP contribution is -2.31. The maximum atomic E-state index is 10.9. The molecule has 1 saturated heterocycles. The third kappa shape index (κ3) is 2.63. The summed E-state index contributed by atoms with van der Waals surface area (Å²) in [6.07, 6.45) is 2.48. The van der Waals surface area contributed by atoms with Gasteiger partial charge in [-0.1, -0.05) is 11.3 Å². The van der Waals surface area contributed by atoms with Crippen molar-refractivity contribution in [2.45, 2.75) is 38.8 Å². The lowest BCUT2D eigenvalue weighted by atomic mass is 10.00. The predicted octanol–water partition coefficient (Wildman–Crippen LogP) is 1.66. The van der Waals surface area contributed by atoms with E-state index >= 15 is 0 Å². The molecule has 0 spiro atoms. The maximum absolute atomic E-state index is 10.9. The highest BCUT2D eigenvalue weighted by atomic mass is 16.3. The molecule has 2 aromatic heterocycles. The van der Waals surface area contributed by atoms with Crippen LogP contribution in [0.4, 0.5) is 5.82 Å². The number of pyridine rings is 1. The summed E-state index contributed by atoms with van der Waals surface area (Å²) in [5.74, 6) is 0.905. The average molecular weight is 287 g/mol. The van der Waals surface area contributed by atoms with Crippen LogP contribution in [0.25, 0.3) is 0 Å². The topological polar surface area (TPSA) is 67.1 Å². The fourth-order valence-electron chi connectivity index (χ4n) is 2.65. The van der Waals surface area contributed by atoms with Gasteiger partial charge in [0.1, 0.15) is 17.1 Å². The molecule has 0 amide bonds. The Bertz CT molecular complexity index is 638. The van der Waals surface area contributed by atoms with Gasteiger partial charge in [0.25, 0.3) is 0 Å². The first kappa shape index (κ1) is 14.0. The Kier molecular flexibility index (Phi) is 3.41. The van der Waals surface area contributed by atoms with E-state index < -0.39 is 5.60 Å². The highest BCUT2D eigenvalue weighted by Gasteiger charge is 2.40. The Hall–Kier alpha value is -1.95. The summed E-state index contributed by atoms with van der Waals surface area (Å²) in [7, 11) is 0. The van der Waals surface area contributed by atoms with Crippen LogP contribution in [0.3, 0.4) is 0 Å². The standard InChI is InChI=1S/C15H21N5O/c1-11(2)20-9-13(17-18-20)15(21)7-8-19(10-15)14-6-4-5-12(3)16-14/h4-6,9,11,21H,7-8,10H2,1-3H3/t15-/m1/s1. The molecular weight excluding hydrogens is 266 g/mol. The summed E-state index contributed by atoms with van der Waals surface area (Å²) in [6.45, 7) is 7.32. The monoisotopic (exact) mass is 287 g/mol. The molecule has 3 heterocycles. The second kappa shape index (κ2) is 5.11. The minimum absolute atomic E-state index is 0.241. The lowest BCUT2D eigenvalue weighted by Gasteiger charge is -2.22. The van der Waals surface area contributed by atoms with Crippen LogP contribution in [-0.4, -0.2) is 38.2 Å². The van der Waals surface area contributed by atoms with Gasteiger partial charge in [0.15, 0.2) is 0 Å². The van der Waals surface area contributed by atoms with E-state index in [1.54, 1.807) is 4.68 Å². The molecule has 0 saturated carbocycles. The molecule has 2 aromatic rings. The van der Waals surface area contributed by atoms with Crippen LogP contribution in [-0.2, 0) is 5.60 Å². The van der Waals surface area contributed by atoms with Crippen LogP contribution in [0.1, 0.15) is 37.7 Å². The van der Waals surface area contributed by atoms with Gasteiger partial charge in [0.2, 0.25) is 0 Å². The molecule has 112 valence electrons. The first-order valence-electron chi connectivity index (χ1n) is 7.31. The van der Waals surface area contributed by atoms with Crippen molar-refractivity contribution in [1.82, 2.24) is 20.0 Å². The maximum Gasteiger partial charge on any atom is 0.129 e. The number of β-amino-alcohol motifs (C(OH)–C–C–N with tert-alkyl or cyclic N) is 1. The zero-order valence-corrected chi connectivity index (χ0v) is 12.7. The Morgan fingerprint density at radius 2 is 2.14 bits per heavy atom. The predicted molar refractivity (Wildman–Crippen MR) is 80.1 cm³/mol. The summed E-state index contributed by atoms with van der Waals surface area (Å²) in [5, 5.41) is 19.1. The van der Waals surface area contributed by atoms with Crippen molar-refractivity contribution < 1.29 is 5.11 Å². The van der Waals surface area contributed by atoms with Crippen LogP contribution < -0.4 is 4.90 Å². The third-order valence-corrected chi connectivity index (χ3v) is 3.96. The molecule has 1 aliphatic rings. The number of hydrogen-bond donors (Lipinski definition) is 1. The van der Waals surface area contributed by atoms with Crippen LogP contribution >= 0.6 is 0 Å². The first-order chi connectivity index (χ1) is 9.98. The van der Waals surface area contributed by atoms with E-state index in [1.165, 1.54) is 0 Å². The lowest BCUT2D eigenvalue weighted by molar-refractivity contribution is 0.0559. The minimum atomic E-state index is -0.946. The molecule has 1 N–H and O–H groups in total. The van der Waals surface area contributed by atoms with Gasteiger partial charge in [0.05, 0.1) is 12.7 Å². The average Bonchev–Trinajstić information content (AvgIpc) is 3.06. The van der Waals surface area contributed by atoms with Gasteiger partial charge in [-0.25, -0.2) is 9.67 Å². The van der Waals surface area contributed by atoms with Gasteiger partial charge in [-0.3, -0.25) is 0 Å². The van der Waals surface area contributed by atoms with E-state index in [9.17, 15) is 5.11 Å². The number of aryl methyl sites for hydroxylation is 1. The Labute approximate surface area is 124 Å². The Morgan fingerprint density at radius 3 is 2.81 bits per heavy atom. The zero-order chi connectivity index (χ0) is 15.0. The van der Waals surface area contributed by atoms with Gasteiger partial charge in [-0.2, -0.15) is 0 Å². The van der Waals surface area contributed by atoms with Crippen molar-refractivity contribution in [2.24, 2.45) is 0 Å². The molecule has 0 aromatic carbocycles. The molecule has 6 heteroatoms. The molecule has 1 fully saturated rings. The highest BCUT2D eigenvalue weighted by Crippen LogP contribution is 2.33. The van der Waals surface area contributed by atoms with E-state index in [4.69, 9.17) is 0 Å². The Morgan fingerprint density at radius 1 is 1.33 bits per heavy atom. The normalized spacial score (nSPS) is 22.2. The summed E-state index contributed by atoms with van der Waals surface area (Å²) in [6, 6.07) is 6.18. The molecule has 0 unspecified atom stereocenters. The van der Waals surface area contributed by atoms with Gasteiger partial charge in [-0.05, 0) is 32.9 Å². The van der Waals surface area contributed by atoms with Crippen molar-refractivity contribution in [3.05, 3.63) is 35.8 Å². The van der Waals surface area contributed by atoms with Gasteiger partial charge in [0, 0.05) is 24.7 Å². The molecule has 21 heavy (non-hydrogen) atoms. The SMILES string of the molecule is Cc1cccc(N2CC[C@](O)(c3cn(C(C)C)nn3)C2)n1. The molecule has 0 bridgehead atoms. The fraction of sp³-hybridized carbons (Fsp3) is 0.533. The van der Waals surface area contributed by atoms with E-state index in [2.05, 4.69) is 20.2 Å². The van der Waals surface area contributed by atoms with Gasteiger partial charge >= 0.3 is 0 Å². The van der Waals surface area contributed by atoms with E-state index in [1.807, 2.05) is 45.2 Å². The van der Waals surface area contributed by atoms with E-state index in [0.29, 0.717) is 18.7 Å². The van der Waals surface area contributed by atoms with Crippen LogP contribution in [0.5, 0.6) is 0 Å². The van der Waals surface area contributed by atoms with Gasteiger partial charge < -0.3 is 10.0 Å². The first-order valence-corrected chi connectivity index (χ1v) is 7.31. The van der Waals surface area contributed by atoms with Crippen LogP contribution in [0, 0.1) is 6.92 Å². The zero-order valence-electron chi connectivity index (χ0n) is 12.7. The molecule has 1 atom stereocenters. The van der Waals surface area contributed by atoms with Crippen molar-refractivity contribution in [2.75, 3.05) is 18.0 Å². The molecule has 0 aliphatic carbocycles. The molecule has 0 radical (unpaired) electrons. The molecular formula is C15H21N5O. The quantitative estimate of drug-likeness (QED) is 0.930. The number of aliphatic hydroxyl groups is 1. The van der Waals surface area contributed by atoms with Crippen molar-refractivity contribution >= 4 is 5.82 Å². The summed E-state index contributed by atoms with van der Waals surface area (Å²) in [5.41, 5.74) is 0.679. The summed E-state index contributed by atoms with van der Waals surface area (Å²) >= 11 is 0. The van der Waals surface area contributed by atoms with E-state index in [-0.39, 0.29) is 6.04 Å². The fourth-order valence-corrected chi connectivity index (χ4v) is 2.65. The van der Waals surface area contributed by atoms with Gasteiger partial charge in [-0.15, -0.1) is 5.10 Å². The minimum Gasteiger partial charge on any atom is -0.381 e. The van der Waals surface area contributed by atoms with E-state index in [0.717, 1.165) is 18.1 Å². The van der Waals surface area contributed by atoms with Crippen molar-refractivity contribution in [3.63, 3.8) is 0 Å². The number of anilines is 1. The second-order valence-electron chi connectivity index (χ2n) is 6.02. The number of rotatable bonds is 3. The number of aromatic nitrogens is 4. The van der Waals surface area contributed by atoms with Crippen LogP contribution in [0.15, 0.2) is 24.4 Å². The smallest absolute Gasteiger partial charge is 0.129 e. The van der Waals surface area contributed by atoms with Crippen LogP contribution in [0.2, 0.25) is 0 Å². The largest absolute Gasteiger partial charge is 0.381 e. The van der Waals surface area contributed by atoms with Crippen molar-refractivity contribution in [1.29, 1.82) is 0 Å². The summed E-state index contributed by atoms with van der Waals surface area (Å²) in [4.78, 5) is 6.62. The Balaban J connectivity index is 1.81. The second-order valence-corrected chi connectivity index (χ2v) is 6.02. The molecule has 1 aliphatic heterocycles. The summed E-state index contributed by atoms with van der Waals surface area (Å²) < 4.78 is 1.78. The molecule has 3 rings (SSSR count). The van der Waals surface area contributed by atoms with Crippen molar-refractivity contribution in [3.8, 4) is 0 Å². The third-order valence-electron chi connectivity index (χ3n) is 3.96. The number of hydrogen-bond acceptors (Lipinski definition) is 5. The number of nitrogens with zero attached hydrogens (tertiary/aromatic N) is 5. The highest BCUT2D eigenvalue weighted by molar-refractivity contribution is 5.42. The molecule has 6 nitrogen and oxygen atoms in total.